The minimum Gasteiger partial charge on any atom is -0.369 e. The molecule has 0 radical (unpaired) electrons. The Bertz CT molecular complexity index is 391. The summed E-state index contributed by atoms with van der Waals surface area (Å²) in [7, 11) is 0. The van der Waals surface area contributed by atoms with Crippen LogP contribution in [0.15, 0.2) is 18.2 Å². The van der Waals surface area contributed by atoms with Crippen molar-refractivity contribution in [3.8, 4) is 0 Å². The summed E-state index contributed by atoms with van der Waals surface area (Å²) in [6.45, 7) is 4.31. The van der Waals surface area contributed by atoms with Crippen LogP contribution in [0.5, 0.6) is 0 Å². The highest BCUT2D eigenvalue weighted by Crippen LogP contribution is 2.29. The molecule has 1 aliphatic heterocycles. The largest absolute Gasteiger partial charge is 0.369 e. The van der Waals surface area contributed by atoms with Gasteiger partial charge in [-0.25, -0.2) is 0 Å². The lowest BCUT2D eigenvalue weighted by Crippen LogP contribution is -2.32. The zero-order chi connectivity index (χ0) is 13.0. The number of anilines is 1. The highest BCUT2D eigenvalue weighted by molar-refractivity contribution is 7.99. The molecule has 1 fully saturated rings. The van der Waals surface area contributed by atoms with Crippen LogP contribution in [0.25, 0.3) is 0 Å². The molecular formula is C14H21ClN2S. The second-order valence-electron chi connectivity index (χ2n) is 4.76. The van der Waals surface area contributed by atoms with E-state index in [4.69, 9.17) is 17.3 Å². The van der Waals surface area contributed by atoms with Gasteiger partial charge in [-0.3, -0.25) is 0 Å². The summed E-state index contributed by atoms with van der Waals surface area (Å²) in [5.74, 6) is 2.39. The van der Waals surface area contributed by atoms with Crippen molar-refractivity contribution in [3.05, 3.63) is 28.8 Å². The smallest absolute Gasteiger partial charge is 0.0642 e. The van der Waals surface area contributed by atoms with Crippen molar-refractivity contribution in [3.63, 3.8) is 0 Å². The maximum atomic E-state index is 6.40. The van der Waals surface area contributed by atoms with Gasteiger partial charge in [0.05, 0.1) is 10.7 Å². The normalized spacial score (nSPS) is 17.8. The molecule has 2 rings (SSSR count). The van der Waals surface area contributed by atoms with Gasteiger partial charge in [0.1, 0.15) is 0 Å². The minimum absolute atomic E-state index is 0.235. The third-order valence-corrected chi connectivity index (χ3v) is 4.63. The van der Waals surface area contributed by atoms with Crippen LogP contribution in [-0.4, -0.2) is 30.6 Å². The topological polar surface area (TPSA) is 29.3 Å². The third-order valence-electron chi connectivity index (χ3n) is 3.39. The van der Waals surface area contributed by atoms with Gasteiger partial charge >= 0.3 is 0 Å². The zero-order valence-electron chi connectivity index (χ0n) is 10.9. The Morgan fingerprint density at radius 2 is 2.11 bits per heavy atom. The molecule has 100 valence electrons. The second kappa shape index (κ2) is 6.69. The molecule has 0 spiro atoms. The van der Waals surface area contributed by atoms with Crippen molar-refractivity contribution in [2.45, 2.75) is 25.8 Å². The maximum absolute atomic E-state index is 6.40. The fourth-order valence-corrected chi connectivity index (χ4v) is 3.41. The summed E-state index contributed by atoms with van der Waals surface area (Å²) in [6.07, 6.45) is 1.91. The van der Waals surface area contributed by atoms with Crippen LogP contribution < -0.4 is 10.6 Å². The summed E-state index contributed by atoms with van der Waals surface area (Å²) in [5, 5.41) is 0.864. The molecule has 0 amide bonds. The Hall–Kier alpha value is -0.380. The van der Waals surface area contributed by atoms with Crippen LogP contribution in [0.4, 0.5) is 5.69 Å². The molecule has 1 unspecified atom stereocenters. The molecule has 1 saturated heterocycles. The van der Waals surface area contributed by atoms with Crippen LogP contribution in [0.1, 0.15) is 18.9 Å². The number of nitrogens with zero attached hydrogens (tertiary/aromatic N) is 1. The van der Waals surface area contributed by atoms with Gasteiger partial charge in [0.15, 0.2) is 0 Å². The standard InChI is InChI=1S/C14H21ClN2S/c1-2-12(16)9-11-3-4-14(13(15)10-11)17-5-7-18-8-6-17/h3-4,10,12H,2,5-9,16H2,1H3. The van der Waals surface area contributed by atoms with Crippen molar-refractivity contribution in [1.82, 2.24) is 0 Å². The first kappa shape index (κ1) is 14.0. The second-order valence-corrected chi connectivity index (χ2v) is 6.39. The number of hydrogen-bond donors (Lipinski definition) is 1. The molecule has 1 aromatic carbocycles. The maximum Gasteiger partial charge on any atom is 0.0642 e. The molecule has 0 saturated carbocycles. The van der Waals surface area contributed by atoms with E-state index in [2.05, 4.69) is 30.0 Å². The van der Waals surface area contributed by atoms with Crippen molar-refractivity contribution in [1.29, 1.82) is 0 Å². The first-order chi connectivity index (χ1) is 8.70. The number of rotatable bonds is 4. The van der Waals surface area contributed by atoms with Crippen LogP contribution >= 0.6 is 23.4 Å². The van der Waals surface area contributed by atoms with E-state index in [-0.39, 0.29) is 6.04 Å². The summed E-state index contributed by atoms with van der Waals surface area (Å²) < 4.78 is 0. The highest BCUT2D eigenvalue weighted by atomic mass is 35.5. The summed E-state index contributed by atoms with van der Waals surface area (Å²) in [6, 6.07) is 6.63. The molecule has 4 heteroatoms. The fourth-order valence-electron chi connectivity index (χ4n) is 2.19. The predicted octanol–water partition coefficient (Wildman–Crippen LogP) is 3.17. The number of hydrogen-bond acceptors (Lipinski definition) is 3. The van der Waals surface area contributed by atoms with Gasteiger partial charge in [0.2, 0.25) is 0 Å². The van der Waals surface area contributed by atoms with Gasteiger partial charge < -0.3 is 10.6 Å². The van der Waals surface area contributed by atoms with Gasteiger partial charge in [-0.2, -0.15) is 11.8 Å². The quantitative estimate of drug-likeness (QED) is 0.921. The van der Waals surface area contributed by atoms with Gasteiger partial charge in [-0.1, -0.05) is 24.6 Å². The minimum atomic E-state index is 0.235. The lowest BCUT2D eigenvalue weighted by molar-refractivity contribution is 0.646. The van der Waals surface area contributed by atoms with E-state index in [1.54, 1.807) is 0 Å². The lowest BCUT2D eigenvalue weighted by atomic mass is 10.0. The van der Waals surface area contributed by atoms with E-state index < -0.39 is 0 Å². The Labute approximate surface area is 119 Å². The molecule has 0 aliphatic carbocycles. The Kier molecular flexibility index (Phi) is 5.22. The molecule has 1 atom stereocenters. The number of halogens is 1. The van der Waals surface area contributed by atoms with E-state index >= 15 is 0 Å². The van der Waals surface area contributed by atoms with Crippen molar-refractivity contribution < 1.29 is 0 Å². The fraction of sp³-hybridized carbons (Fsp3) is 0.571. The monoisotopic (exact) mass is 284 g/mol. The molecule has 1 aliphatic rings. The van der Waals surface area contributed by atoms with Crippen LogP contribution in [0, 0.1) is 0 Å². The van der Waals surface area contributed by atoms with Crippen molar-refractivity contribution in [2.75, 3.05) is 29.5 Å². The lowest BCUT2D eigenvalue weighted by Gasteiger charge is -2.29. The average molecular weight is 285 g/mol. The Morgan fingerprint density at radius 1 is 1.39 bits per heavy atom. The van der Waals surface area contributed by atoms with Gasteiger partial charge in [0, 0.05) is 30.6 Å². The molecule has 0 bridgehead atoms. The molecule has 2 nitrogen and oxygen atoms in total. The van der Waals surface area contributed by atoms with E-state index in [0.717, 1.165) is 31.0 Å². The van der Waals surface area contributed by atoms with E-state index in [0.29, 0.717) is 0 Å². The van der Waals surface area contributed by atoms with Gasteiger partial charge in [0.25, 0.3) is 0 Å². The highest BCUT2D eigenvalue weighted by Gasteiger charge is 2.14. The molecule has 2 N–H and O–H groups in total. The first-order valence-corrected chi connectivity index (χ1v) is 8.10. The third kappa shape index (κ3) is 3.56. The summed E-state index contributed by atoms with van der Waals surface area (Å²) in [5.41, 5.74) is 8.39. The molecule has 0 aromatic heterocycles. The van der Waals surface area contributed by atoms with Gasteiger partial charge in [-0.15, -0.1) is 0 Å². The molecule has 1 heterocycles. The van der Waals surface area contributed by atoms with Crippen LogP contribution in [-0.2, 0) is 6.42 Å². The van der Waals surface area contributed by atoms with E-state index in [9.17, 15) is 0 Å². The SMILES string of the molecule is CCC(N)Cc1ccc(N2CCSCC2)c(Cl)c1. The van der Waals surface area contributed by atoms with Crippen molar-refractivity contribution in [2.24, 2.45) is 5.73 Å². The first-order valence-electron chi connectivity index (χ1n) is 6.57. The number of thioether (sulfide) groups is 1. The number of nitrogens with two attached hydrogens (primary N) is 1. The average Bonchev–Trinajstić information content (AvgIpc) is 2.40. The Morgan fingerprint density at radius 3 is 2.72 bits per heavy atom. The van der Waals surface area contributed by atoms with Crippen molar-refractivity contribution >= 4 is 29.1 Å². The molecule has 18 heavy (non-hydrogen) atoms. The number of benzene rings is 1. The van der Waals surface area contributed by atoms with Gasteiger partial charge in [-0.05, 0) is 30.5 Å². The van der Waals surface area contributed by atoms with E-state index in [1.165, 1.54) is 22.8 Å². The molecule has 1 aromatic rings. The molecular weight excluding hydrogens is 264 g/mol. The van der Waals surface area contributed by atoms with E-state index in [1.807, 2.05) is 11.8 Å². The zero-order valence-corrected chi connectivity index (χ0v) is 12.4. The van der Waals surface area contributed by atoms with Crippen LogP contribution in [0.2, 0.25) is 5.02 Å². The van der Waals surface area contributed by atoms with Crippen LogP contribution in [0.3, 0.4) is 0 Å². The Balaban J connectivity index is 2.09. The summed E-state index contributed by atoms with van der Waals surface area (Å²) >= 11 is 8.41. The summed E-state index contributed by atoms with van der Waals surface area (Å²) in [4.78, 5) is 2.38. The predicted molar refractivity (Wildman–Crippen MR) is 83.0 cm³/mol.